The fourth-order valence-electron chi connectivity index (χ4n) is 1.23. The van der Waals surface area contributed by atoms with Crippen molar-refractivity contribution in [2.24, 2.45) is 5.73 Å². The first-order valence-electron chi connectivity index (χ1n) is 5.28. The maximum absolute atomic E-state index is 12.2. The second kappa shape index (κ2) is 5.84. The van der Waals surface area contributed by atoms with Crippen LogP contribution >= 0.6 is 0 Å². The molecule has 0 aromatic rings. The molecule has 3 N–H and O–H groups in total. The van der Waals surface area contributed by atoms with Crippen LogP contribution in [0.3, 0.4) is 0 Å². The van der Waals surface area contributed by atoms with E-state index in [1.165, 1.54) is 4.90 Å². The van der Waals surface area contributed by atoms with Gasteiger partial charge in [-0.15, -0.1) is 0 Å². The minimum atomic E-state index is -4.20. The quantitative estimate of drug-likeness (QED) is 0.739. The molecule has 0 aliphatic carbocycles. The first-order valence-corrected chi connectivity index (χ1v) is 5.28. The molecule has 0 aliphatic heterocycles. The van der Waals surface area contributed by atoms with Gasteiger partial charge in [0.2, 0.25) is 0 Å². The summed E-state index contributed by atoms with van der Waals surface area (Å²) in [6.07, 6.45) is -3.87. The van der Waals surface area contributed by atoms with Gasteiger partial charge in [-0.25, -0.2) is 0 Å². The van der Waals surface area contributed by atoms with Gasteiger partial charge >= 0.3 is 6.18 Å². The van der Waals surface area contributed by atoms with Crippen LogP contribution in [0.25, 0.3) is 0 Å². The van der Waals surface area contributed by atoms with Crippen LogP contribution in [-0.2, 0) is 0 Å². The molecule has 0 amide bonds. The van der Waals surface area contributed by atoms with Crippen LogP contribution in [0, 0.1) is 0 Å². The Morgan fingerprint density at radius 2 is 1.81 bits per heavy atom. The minimum Gasteiger partial charge on any atom is -0.394 e. The Morgan fingerprint density at radius 1 is 1.31 bits per heavy atom. The Labute approximate surface area is 94.4 Å². The molecule has 1 atom stereocenters. The number of hydrogen-bond donors (Lipinski definition) is 2. The van der Waals surface area contributed by atoms with Crippen LogP contribution in [0.1, 0.15) is 27.2 Å². The molecule has 0 bridgehead atoms. The highest BCUT2D eigenvalue weighted by molar-refractivity contribution is 4.80. The van der Waals surface area contributed by atoms with Crippen molar-refractivity contribution < 1.29 is 18.3 Å². The molecule has 0 rings (SSSR count). The monoisotopic (exact) mass is 242 g/mol. The molecule has 1 unspecified atom stereocenters. The molecule has 0 fully saturated rings. The highest BCUT2D eigenvalue weighted by atomic mass is 19.4. The van der Waals surface area contributed by atoms with Gasteiger partial charge in [-0.05, 0) is 27.2 Å². The third-order valence-electron chi connectivity index (χ3n) is 2.44. The Morgan fingerprint density at radius 3 is 2.12 bits per heavy atom. The van der Waals surface area contributed by atoms with Gasteiger partial charge < -0.3 is 10.8 Å². The molecular weight excluding hydrogens is 221 g/mol. The molecule has 0 aromatic heterocycles. The van der Waals surface area contributed by atoms with Crippen LogP contribution in [0.4, 0.5) is 13.2 Å². The number of alkyl halides is 3. The number of aliphatic hydroxyl groups is 1. The zero-order valence-electron chi connectivity index (χ0n) is 10.0. The summed E-state index contributed by atoms with van der Waals surface area (Å²) < 4.78 is 36.7. The van der Waals surface area contributed by atoms with E-state index in [-0.39, 0.29) is 19.2 Å². The molecule has 0 spiro atoms. The smallest absolute Gasteiger partial charge is 0.394 e. The molecule has 0 radical (unpaired) electrons. The average Bonchev–Trinajstić information content (AvgIpc) is 2.10. The summed E-state index contributed by atoms with van der Waals surface area (Å²) in [6, 6.07) is -0.198. The maximum atomic E-state index is 12.2. The molecule has 16 heavy (non-hydrogen) atoms. The highest BCUT2D eigenvalue weighted by Gasteiger charge is 2.32. The number of rotatable bonds is 6. The fourth-order valence-corrected chi connectivity index (χ4v) is 1.23. The summed E-state index contributed by atoms with van der Waals surface area (Å²) in [5, 5.41) is 8.91. The summed E-state index contributed by atoms with van der Waals surface area (Å²) in [6.45, 7) is 4.10. The zero-order chi connectivity index (χ0) is 13.0. The van der Waals surface area contributed by atoms with Gasteiger partial charge in [0.25, 0.3) is 0 Å². The van der Waals surface area contributed by atoms with E-state index in [2.05, 4.69) is 0 Å². The summed E-state index contributed by atoms with van der Waals surface area (Å²) in [5.41, 5.74) is 4.85. The lowest BCUT2D eigenvalue weighted by atomic mass is 10.00. The summed E-state index contributed by atoms with van der Waals surface area (Å²) in [4.78, 5) is 1.31. The van der Waals surface area contributed by atoms with Crippen molar-refractivity contribution in [3.63, 3.8) is 0 Å². The van der Waals surface area contributed by atoms with Gasteiger partial charge in [-0.3, -0.25) is 4.90 Å². The third kappa shape index (κ3) is 7.03. The van der Waals surface area contributed by atoms with Crippen molar-refractivity contribution in [3.8, 4) is 0 Å². The van der Waals surface area contributed by atoms with Crippen LogP contribution < -0.4 is 5.73 Å². The lowest BCUT2D eigenvalue weighted by Gasteiger charge is -2.31. The summed E-state index contributed by atoms with van der Waals surface area (Å²) >= 11 is 0. The first-order chi connectivity index (χ1) is 7.07. The molecule has 0 saturated carbocycles. The Kier molecular flexibility index (Phi) is 5.72. The highest BCUT2D eigenvalue weighted by Crippen LogP contribution is 2.19. The van der Waals surface area contributed by atoms with Crippen molar-refractivity contribution in [3.05, 3.63) is 0 Å². The molecule has 0 aromatic carbocycles. The number of nitrogens with zero attached hydrogens (tertiary/aromatic N) is 1. The van der Waals surface area contributed by atoms with Crippen LogP contribution in [0.15, 0.2) is 0 Å². The van der Waals surface area contributed by atoms with Crippen LogP contribution in [0.5, 0.6) is 0 Å². The standard InChI is InChI=1S/C10H21F3N2O/c1-8(2)15(6-10(11,12)13)5-4-9(3,14)7-16/h8,16H,4-7,14H2,1-3H3. The molecule has 0 heterocycles. The van der Waals surface area contributed by atoms with E-state index in [0.29, 0.717) is 6.42 Å². The number of aliphatic hydroxyl groups excluding tert-OH is 1. The van der Waals surface area contributed by atoms with E-state index >= 15 is 0 Å². The second-order valence-electron chi connectivity index (χ2n) is 4.74. The molecule has 0 aliphatic rings. The summed E-state index contributed by atoms with van der Waals surface area (Å²) in [5.74, 6) is 0. The van der Waals surface area contributed by atoms with Gasteiger partial charge in [0.1, 0.15) is 0 Å². The molecular formula is C10H21F3N2O. The average molecular weight is 242 g/mol. The predicted molar refractivity (Wildman–Crippen MR) is 57.1 cm³/mol. The molecule has 98 valence electrons. The van der Waals surface area contributed by atoms with E-state index in [9.17, 15) is 13.2 Å². The van der Waals surface area contributed by atoms with E-state index in [1.807, 2.05) is 0 Å². The Balaban J connectivity index is 4.26. The molecule has 0 saturated heterocycles. The second-order valence-corrected chi connectivity index (χ2v) is 4.74. The van der Waals surface area contributed by atoms with Crippen LogP contribution in [-0.4, -0.2) is 47.5 Å². The van der Waals surface area contributed by atoms with Crippen molar-refractivity contribution in [1.82, 2.24) is 4.90 Å². The van der Waals surface area contributed by atoms with Gasteiger partial charge in [0.05, 0.1) is 13.2 Å². The van der Waals surface area contributed by atoms with Crippen molar-refractivity contribution in [1.29, 1.82) is 0 Å². The maximum Gasteiger partial charge on any atom is 0.401 e. The van der Waals surface area contributed by atoms with Crippen molar-refractivity contribution in [2.75, 3.05) is 19.7 Å². The van der Waals surface area contributed by atoms with E-state index < -0.39 is 18.3 Å². The SMILES string of the molecule is CC(C)N(CCC(C)(N)CO)CC(F)(F)F. The number of halogens is 3. The molecule has 3 nitrogen and oxygen atoms in total. The largest absolute Gasteiger partial charge is 0.401 e. The topological polar surface area (TPSA) is 49.5 Å². The number of nitrogens with two attached hydrogens (primary N) is 1. The fraction of sp³-hybridized carbons (Fsp3) is 1.00. The van der Waals surface area contributed by atoms with Gasteiger partial charge in [0, 0.05) is 18.1 Å². The van der Waals surface area contributed by atoms with Gasteiger partial charge in [-0.1, -0.05) is 0 Å². The van der Waals surface area contributed by atoms with Crippen LogP contribution in [0.2, 0.25) is 0 Å². The lowest BCUT2D eigenvalue weighted by Crippen LogP contribution is -2.46. The van der Waals surface area contributed by atoms with E-state index in [1.54, 1.807) is 20.8 Å². The zero-order valence-corrected chi connectivity index (χ0v) is 10.0. The molecule has 6 heteroatoms. The van der Waals surface area contributed by atoms with Gasteiger partial charge in [0.15, 0.2) is 0 Å². The van der Waals surface area contributed by atoms with E-state index in [4.69, 9.17) is 10.8 Å². The Bertz CT molecular complexity index is 205. The third-order valence-corrected chi connectivity index (χ3v) is 2.44. The van der Waals surface area contributed by atoms with E-state index in [0.717, 1.165) is 0 Å². The van der Waals surface area contributed by atoms with Crippen molar-refractivity contribution >= 4 is 0 Å². The number of hydrogen-bond acceptors (Lipinski definition) is 3. The summed E-state index contributed by atoms with van der Waals surface area (Å²) in [7, 11) is 0. The van der Waals surface area contributed by atoms with Gasteiger partial charge in [-0.2, -0.15) is 13.2 Å². The first kappa shape index (κ1) is 15.7. The minimum absolute atomic E-state index is 0.198. The lowest BCUT2D eigenvalue weighted by molar-refractivity contribution is -0.150. The Hall–Kier alpha value is -0.330. The van der Waals surface area contributed by atoms with Crippen molar-refractivity contribution in [2.45, 2.75) is 44.9 Å². The normalized spacial score (nSPS) is 16.9. The predicted octanol–water partition coefficient (Wildman–Crippen LogP) is 1.36.